The zero-order chi connectivity index (χ0) is 13.8. The molecule has 2 aromatic rings. The summed E-state index contributed by atoms with van der Waals surface area (Å²) in [7, 11) is 0. The Bertz CT molecular complexity index is 628. The van der Waals surface area contributed by atoms with Gasteiger partial charge in [0.25, 0.3) is 5.88 Å². The van der Waals surface area contributed by atoms with Gasteiger partial charge in [-0.2, -0.15) is 0 Å². The molecule has 1 aromatic heterocycles. The fourth-order valence-corrected chi connectivity index (χ4v) is 1.55. The molecule has 19 heavy (non-hydrogen) atoms. The summed E-state index contributed by atoms with van der Waals surface area (Å²) in [6.07, 6.45) is 2.00. The molecule has 0 spiro atoms. The van der Waals surface area contributed by atoms with Gasteiger partial charge in [0.05, 0.1) is 0 Å². The van der Waals surface area contributed by atoms with Crippen molar-refractivity contribution in [2.45, 2.75) is 13.8 Å². The maximum Gasteiger partial charge on any atom is 0.362 e. The number of aromatic amines is 1. The molecule has 0 saturated carbocycles. The Morgan fingerprint density at radius 3 is 2.89 bits per heavy atom. The van der Waals surface area contributed by atoms with E-state index in [1.807, 2.05) is 32.1 Å². The van der Waals surface area contributed by atoms with Crippen molar-refractivity contribution >= 4 is 12.0 Å². The molecule has 0 atom stereocenters. The molecule has 6 heteroatoms. The van der Waals surface area contributed by atoms with Crippen molar-refractivity contribution in [3.05, 3.63) is 41.1 Å². The van der Waals surface area contributed by atoms with E-state index in [1.54, 1.807) is 12.1 Å². The standard InChI is InChI=1S/C13H13N3O3/c1-8(2)6-9-4-3-5-10(7-9)19-12-11(13(17)18)14-16-15-12/h3-7H,1-2H3,(H,17,18)(H,14,15,16). The van der Waals surface area contributed by atoms with Crippen LogP contribution in [0.1, 0.15) is 29.9 Å². The van der Waals surface area contributed by atoms with Gasteiger partial charge >= 0.3 is 5.97 Å². The van der Waals surface area contributed by atoms with Gasteiger partial charge in [-0.3, -0.25) is 0 Å². The van der Waals surface area contributed by atoms with Crippen LogP contribution in [0, 0.1) is 0 Å². The molecule has 0 aliphatic heterocycles. The van der Waals surface area contributed by atoms with Crippen LogP contribution in [0.2, 0.25) is 0 Å². The molecule has 98 valence electrons. The van der Waals surface area contributed by atoms with E-state index in [0.29, 0.717) is 5.75 Å². The monoisotopic (exact) mass is 259 g/mol. The Kier molecular flexibility index (Phi) is 3.61. The zero-order valence-corrected chi connectivity index (χ0v) is 10.5. The number of rotatable bonds is 4. The van der Waals surface area contributed by atoms with Crippen molar-refractivity contribution in [2.75, 3.05) is 0 Å². The molecule has 2 rings (SSSR count). The number of aromatic carboxylic acids is 1. The number of aromatic nitrogens is 3. The van der Waals surface area contributed by atoms with Crippen LogP contribution in [0.5, 0.6) is 11.6 Å². The molecule has 0 aliphatic carbocycles. The second kappa shape index (κ2) is 5.34. The number of carboxylic acids is 1. The van der Waals surface area contributed by atoms with Gasteiger partial charge in [-0.1, -0.05) is 29.0 Å². The van der Waals surface area contributed by atoms with Crippen molar-refractivity contribution < 1.29 is 14.6 Å². The lowest BCUT2D eigenvalue weighted by Crippen LogP contribution is -1.99. The van der Waals surface area contributed by atoms with Crippen LogP contribution >= 0.6 is 0 Å². The molecule has 0 amide bonds. The highest BCUT2D eigenvalue weighted by molar-refractivity contribution is 5.87. The van der Waals surface area contributed by atoms with Gasteiger partial charge in [-0.15, -0.1) is 5.10 Å². The molecule has 0 unspecified atom stereocenters. The topological polar surface area (TPSA) is 88.1 Å². The Hall–Kier alpha value is -2.63. The van der Waals surface area contributed by atoms with Gasteiger partial charge in [0.15, 0.2) is 0 Å². The van der Waals surface area contributed by atoms with E-state index < -0.39 is 5.97 Å². The van der Waals surface area contributed by atoms with Gasteiger partial charge in [-0.25, -0.2) is 9.89 Å². The van der Waals surface area contributed by atoms with Crippen LogP contribution in [0.15, 0.2) is 29.8 Å². The normalized spacial score (nSPS) is 10.0. The third-order valence-electron chi connectivity index (χ3n) is 2.25. The number of H-pyrrole nitrogens is 1. The number of hydrogen-bond donors (Lipinski definition) is 2. The fraction of sp³-hybridized carbons (Fsp3) is 0.154. The maximum atomic E-state index is 10.9. The van der Waals surface area contributed by atoms with Gasteiger partial charge in [0, 0.05) is 0 Å². The van der Waals surface area contributed by atoms with E-state index in [-0.39, 0.29) is 11.6 Å². The predicted octanol–water partition coefficient (Wildman–Crippen LogP) is 2.72. The zero-order valence-electron chi connectivity index (χ0n) is 10.5. The SMILES string of the molecule is CC(C)=Cc1cccc(Oc2[nH]nnc2C(=O)O)c1. The number of carboxylic acid groups (broad SMARTS) is 1. The van der Waals surface area contributed by atoms with Crippen LogP contribution < -0.4 is 4.74 Å². The molecule has 1 heterocycles. The first kappa shape index (κ1) is 12.8. The molecule has 1 aromatic carbocycles. The Morgan fingerprint density at radius 2 is 2.21 bits per heavy atom. The first-order valence-corrected chi connectivity index (χ1v) is 5.63. The molecule has 0 fully saturated rings. The predicted molar refractivity (Wildman–Crippen MR) is 69.2 cm³/mol. The molecular formula is C13H13N3O3. The van der Waals surface area contributed by atoms with Gasteiger partial charge in [0.2, 0.25) is 5.69 Å². The largest absolute Gasteiger partial charge is 0.476 e. The summed E-state index contributed by atoms with van der Waals surface area (Å²) in [5.74, 6) is -0.658. The van der Waals surface area contributed by atoms with E-state index in [1.165, 1.54) is 0 Å². The lowest BCUT2D eigenvalue weighted by Gasteiger charge is -2.04. The Labute approximate surface area is 109 Å². The molecule has 0 aliphatic rings. The summed E-state index contributed by atoms with van der Waals surface area (Å²) in [5, 5.41) is 18.2. The minimum Gasteiger partial charge on any atom is -0.476 e. The molecule has 6 nitrogen and oxygen atoms in total. The minimum absolute atomic E-state index is 0.0156. The minimum atomic E-state index is -1.19. The van der Waals surface area contributed by atoms with Crippen LogP contribution in [0.25, 0.3) is 6.08 Å². The smallest absolute Gasteiger partial charge is 0.362 e. The fourth-order valence-electron chi connectivity index (χ4n) is 1.55. The van der Waals surface area contributed by atoms with Gasteiger partial charge in [-0.05, 0) is 31.5 Å². The van der Waals surface area contributed by atoms with Crippen LogP contribution in [0.4, 0.5) is 0 Å². The van der Waals surface area contributed by atoms with E-state index in [0.717, 1.165) is 11.1 Å². The average Bonchev–Trinajstić information content (AvgIpc) is 2.76. The lowest BCUT2D eigenvalue weighted by molar-refractivity contribution is 0.0687. The summed E-state index contributed by atoms with van der Waals surface area (Å²) in [5.41, 5.74) is 1.89. The van der Waals surface area contributed by atoms with Crippen molar-refractivity contribution in [3.63, 3.8) is 0 Å². The van der Waals surface area contributed by atoms with Crippen molar-refractivity contribution in [1.82, 2.24) is 15.4 Å². The maximum absolute atomic E-state index is 10.9. The molecule has 0 radical (unpaired) electrons. The molecule has 0 saturated heterocycles. The number of allylic oxidation sites excluding steroid dienone is 1. The molecule has 0 bridgehead atoms. The lowest BCUT2D eigenvalue weighted by atomic mass is 10.1. The summed E-state index contributed by atoms with van der Waals surface area (Å²) in [6.45, 7) is 3.99. The summed E-state index contributed by atoms with van der Waals surface area (Å²) >= 11 is 0. The third kappa shape index (κ3) is 3.19. The number of hydrogen-bond acceptors (Lipinski definition) is 4. The summed E-state index contributed by atoms with van der Waals surface area (Å²) < 4.78 is 5.44. The number of benzene rings is 1. The number of nitrogens with zero attached hydrogens (tertiary/aromatic N) is 2. The number of carbonyl (C=O) groups is 1. The summed E-state index contributed by atoms with van der Waals surface area (Å²) in [4.78, 5) is 10.9. The first-order chi connectivity index (χ1) is 9.06. The van der Waals surface area contributed by atoms with Crippen LogP contribution in [-0.4, -0.2) is 26.5 Å². The van der Waals surface area contributed by atoms with Crippen molar-refractivity contribution in [2.24, 2.45) is 0 Å². The first-order valence-electron chi connectivity index (χ1n) is 5.63. The van der Waals surface area contributed by atoms with E-state index in [9.17, 15) is 4.79 Å². The Balaban J connectivity index is 2.26. The quantitative estimate of drug-likeness (QED) is 0.881. The third-order valence-corrected chi connectivity index (χ3v) is 2.25. The van der Waals surface area contributed by atoms with Gasteiger partial charge < -0.3 is 9.84 Å². The van der Waals surface area contributed by atoms with E-state index >= 15 is 0 Å². The Morgan fingerprint density at radius 1 is 1.42 bits per heavy atom. The van der Waals surface area contributed by atoms with Crippen molar-refractivity contribution in [1.29, 1.82) is 0 Å². The highest BCUT2D eigenvalue weighted by Gasteiger charge is 2.16. The average molecular weight is 259 g/mol. The van der Waals surface area contributed by atoms with E-state index in [2.05, 4.69) is 15.4 Å². The highest BCUT2D eigenvalue weighted by atomic mass is 16.5. The second-order valence-electron chi connectivity index (χ2n) is 4.19. The van der Waals surface area contributed by atoms with Crippen LogP contribution in [0.3, 0.4) is 0 Å². The number of nitrogens with one attached hydrogen (secondary N) is 1. The second-order valence-corrected chi connectivity index (χ2v) is 4.19. The van der Waals surface area contributed by atoms with Crippen molar-refractivity contribution in [3.8, 4) is 11.6 Å². The molecular weight excluding hydrogens is 246 g/mol. The van der Waals surface area contributed by atoms with E-state index in [4.69, 9.17) is 9.84 Å². The number of ether oxygens (including phenoxy) is 1. The van der Waals surface area contributed by atoms with Crippen LogP contribution in [-0.2, 0) is 0 Å². The molecule has 2 N–H and O–H groups in total. The highest BCUT2D eigenvalue weighted by Crippen LogP contribution is 2.23. The van der Waals surface area contributed by atoms with Gasteiger partial charge in [0.1, 0.15) is 5.75 Å². The summed E-state index contributed by atoms with van der Waals surface area (Å²) in [6, 6.07) is 7.30.